The number of hydrogen-bond donors (Lipinski definition) is 0. The van der Waals surface area contributed by atoms with Gasteiger partial charge in [0, 0.05) is 11.2 Å². The lowest BCUT2D eigenvalue weighted by Crippen LogP contribution is -1.96. The van der Waals surface area contributed by atoms with Crippen LogP contribution in [0.1, 0.15) is 23.2 Å². The summed E-state index contributed by atoms with van der Waals surface area (Å²) < 4.78 is 24.4. The Morgan fingerprint density at radius 2 is 2.00 bits per heavy atom. The summed E-state index contributed by atoms with van der Waals surface area (Å²) in [7, 11) is 0. The molecule has 0 amide bonds. The number of aryl methyl sites for hydroxylation is 1. The van der Waals surface area contributed by atoms with Gasteiger partial charge < -0.3 is 0 Å². The molecule has 1 nitrogen and oxygen atoms in total. The minimum atomic E-state index is -2.55. The van der Waals surface area contributed by atoms with Crippen molar-refractivity contribution in [3.63, 3.8) is 0 Å². The Morgan fingerprint density at radius 3 is 2.50 bits per heavy atom. The smallest absolute Gasteiger partial charge is 0.255 e. The van der Waals surface area contributed by atoms with E-state index >= 15 is 0 Å². The molecule has 1 rings (SSSR count). The van der Waals surface area contributed by atoms with Gasteiger partial charge in [0.2, 0.25) is 0 Å². The fourth-order valence-corrected chi connectivity index (χ4v) is 1.09. The number of hydrogen-bond acceptors (Lipinski definition) is 1. The van der Waals surface area contributed by atoms with Crippen LogP contribution in [0.25, 0.3) is 0 Å². The standard InChI is InChI=1S/C8H8ClF2N/c1-4-3-12-7(8(10)11)5(2)6(4)9/h3,8H,1-2H3. The first-order valence-corrected chi connectivity index (χ1v) is 3.81. The number of rotatable bonds is 1. The summed E-state index contributed by atoms with van der Waals surface area (Å²) in [6.45, 7) is 3.28. The molecule has 1 aromatic rings. The number of nitrogens with zero attached hydrogens (tertiary/aromatic N) is 1. The fourth-order valence-electron chi connectivity index (χ4n) is 0.948. The number of pyridine rings is 1. The van der Waals surface area contributed by atoms with Gasteiger partial charge in [-0.05, 0) is 25.0 Å². The zero-order valence-electron chi connectivity index (χ0n) is 6.74. The van der Waals surface area contributed by atoms with Gasteiger partial charge in [-0.1, -0.05) is 11.6 Å². The van der Waals surface area contributed by atoms with Crippen LogP contribution in [0.5, 0.6) is 0 Å². The van der Waals surface area contributed by atoms with Gasteiger partial charge in [0.1, 0.15) is 5.69 Å². The molecule has 0 aliphatic carbocycles. The molecule has 0 fully saturated rings. The van der Waals surface area contributed by atoms with Gasteiger partial charge in [-0.3, -0.25) is 4.98 Å². The molecule has 12 heavy (non-hydrogen) atoms. The van der Waals surface area contributed by atoms with E-state index in [1.54, 1.807) is 13.8 Å². The summed E-state index contributed by atoms with van der Waals surface area (Å²) in [6.07, 6.45) is -1.19. The molecule has 4 heteroatoms. The van der Waals surface area contributed by atoms with Crippen molar-refractivity contribution in [1.29, 1.82) is 0 Å². The first-order valence-electron chi connectivity index (χ1n) is 3.43. The molecule has 0 bridgehead atoms. The molecular weight excluding hydrogens is 184 g/mol. The summed E-state index contributed by atoms with van der Waals surface area (Å²) in [5.41, 5.74) is 0.857. The van der Waals surface area contributed by atoms with Crippen LogP contribution < -0.4 is 0 Å². The zero-order chi connectivity index (χ0) is 9.30. The van der Waals surface area contributed by atoms with Crippen molar-refractivity contribution < 1.29 is 8.78 Å². The molecular formula is C8H8ClF2N. The Bertz CT molecular complexity index is 299. The molecule has 0 N–H and O–H groups in total. The molecule has 0 atom stereocenters. The monoisotopic (exact) mass is 191 g/mol. The van der Waals surface area contributed by atoms with Crippen LogP contribution in [-0.4, -0.2) is 4.98 Å². The molecule has 0 radical (unpaired) electrons. The average molecular weight is 192 g/mol. The zero-order valence-corrected chi connectivity index (χ0v) is 7.49. The van der Waals surface area contributed by atoms with Crippen LogP contribution in [0.15, 0.2) is 6.20 Å². The molecule has 0 spiro atoms. The van der Waals surface area contributed by atoms with Gasteiger partial charge >= 0.3 is 0 Å². The third-order valence-corrected chi connectivity index (χ3v) is 2.25. The van der Waals surface area contributed by atoms with E-state index in [4.69, 9.17) is 11.6 Å². The maximum Gasteiger partial charge on any atom is 0.280 e. The lowest BCUT2D eigenvalue weighted by molar-refractivity contribution is 0.145. The van der Waals surface area contributed by atoms with Gasteiger partial charge in [-0.25, -0.2) is 8.78 Å². The third-order valence-electron chi connectivity index (χ3n) is 1.66. The molecule has 1 heterocycles. The second-order valence-corrected chi connectivity index (χ2v) is 2.94. The van der Waals surface area contributed by atoms with E-state index < -0.39 is 6.43 Å². The van der Waals surface area contributed by atoms with Crippen LogP contribution in [0, 0.1) is 13.8 Å². The summed E-state index contributed by atoms with van der Waals surface area (Å²) in [5, 5.41) is 0.375. The molecule has 0 saturated heterocycles. The second-order valence-electron chi connectivity index (χ2n) is 2.57. The Morgan fingerprint density at radius 1 is 1.42 bits per heavy atom. The first-order chi connectivity index (χ1) is 5.54. The normalized spacial score (nSPS) is 10.8. The van der Waals surface area contributed by atoms with E-state index in [1.807, 2.05) is 0 Å². The molecule has 0 aliphatic rings. The molecule has 66 valence electrons. The van der Waals surface area contributed by atoms with Gasteiger partial charge in [-0.2, -0.15) is 0 Å². The predicted octanol–water partition coefficient (Wildman–Crippen LogP) is 3.29. The van der Waals surface area contributed by atoms with E-state index in [0.29, 0.717) is 10.6 Å². The van der Waals surface area contributed by atoms with Crippen LogP contribution in [0.2, 0.25) is 5.02 Å². The second kappa shape index (κ2) is 3.35. The first kappa shape index (κ1) is 9.39. The molecule has 0 saturated carbocycles. The highest BCUT2D eigenvalue weighted by Gasteiger charge is 2.14. The number of aromatic nitrogens is 1. The topological polar surface area (TPSA) is 12.9 Å². The lowest BCUT2D eigenvalue weighted by atomic mass is 10.1. The van der Waals surface area contributed by atoms with Gasteiger partial charge in [0.15, 0.2) is 0 Å². The van der Waals surface area contributed by atoms with Crippen LogP contribution in [-0.2, 0) is 0 Å². The highest BCUT2D eigenvalue weighted by Crippen LogP contribution is 2.27. The third kappa shape index (κ3) is 1.55. The SMILES string of the molecule is Cc1cnc(C(F)F)c(C)c1Cl. The largest absolute Gasteiger partial charge is 0.280 e. The maximum atomic E-state index is 12.2. The molecule has 1 aromatic heterocycles. The molecule has 0 aromatic carbocycles. The number of alkyl halides is 2. The van der Waals surface area contributed by atoms with Crippen molar-refractivity contribution in [1.82, 2.24) is 4.98 Å². The van der Waals surface area contributed by atoms with E-state index in [-0.39, 0.29) is 5.69 Å². The van der Waals surface area contributed by atoms with Crippen LogP contribution >= 0.6 is 11.6 Å². The minimum Gasteiger partial charge on any atom is -0.255 e. The van der Waals surface area contributed by atoms with Gasteiger partial charge in [0.05, 0.1) is 0 Å². The predicted molar refractivity (Wildman–Crippen MR) is 43.7 cm³/mol. The van der Waals surface area contributed by atoms with Crippen molar-refractivity contribution in [2.75, 3.05) is 0 Å². The average Bonchev–Trinajstić information content (AvgIpc) is 2.00. The quantitative estimate of drug-likeness (QED) is 0.664. The van der Waals surface area contributed by atoms with Crippen LogP contribution in [0.4, 0.5) is 8.78 Å². The Labute approximate surface area is 74.4 Å². The highest BCUT2D eigenvalue weighted by molar-refractivity contribution is 6.32. The molecule has 0 unspecified atom stereocenters. The fraction of sp³-hybridized carbons (Fsp3) is 0.375. The summed E-state index contributed by atoms with van der Waals surface area (Å²) in [4.78, 5) is 3.60. The minimum absolute atomic E-state index is 0.231. The van der Waals surface area contributed by atoms with Crippen molar-refractivity contribution in [2.24, 2.45) is 0 Å². The van der Waals surface area contributed by atoms with Gasteiger partial charge in [0.25, 0.3) is 6.43 Å². The van der Waals surface area contributed by atoms with Crippen molar-refractivity contribution in [3.05, 3.63) is 28.0 Å². The van der Waals surface area contributed by atoms with Crippen molar-refractivity contribution in [2.45, 2.75) is 20.3 Å². The van der Waals surface area contributed by atoms with E-state index in [9.17, 15) is 8.78 Å². The lowest BCUT2D eigenvalue weighted by Gasteiger charge is -2.06. The molecule has 0 aliphatic heterocycles. The van der Waals surface area contributed by atoms with Gasteiger partial charge in [-0.15, -0.1) is 0 Å². The number of halogens is 3. The van der Waals surface area contributed by atoms with Crippen molar-refractivity contribution >= 4 is 11.6 Å². The Hall–Kier alpha value is -0.700. The van der Waals surface area contributed by atoms with Crippen LogP contribution in [0.3, 0.4) is 0 Å². The van der Waals surface area contributed by atoms with E-state index in [1.165, 1.54) is 6.20 Å². The Kier molecular flexibility index (Phi) is 2.62. The highest BCUT2D eigenvalue weighted by atomic mass is 35.5. The maximum absolute atomic E-state index is 12.2. The van der Waals surface area contributed by atoms with E-state index in [2.05, 4.69) is 4.98 Å². The van der Waals surface area contributed by atoms with Crippen molar-refractivity contribution in [3.8, 4) is 0 Å². The van der Waals surface area contributed by atoms with E-state index in [0.717, 1.165) is 5.56 Å². The summed E-state index contributed by atoms with van der Waals surface area (Å²) >= 11 is 5.75. The summed E-state index contributed by atoms with van der Waals surface area (Å²) in [6, 6.07) is 0. The Balaban J connectivity index is 3.27. The summed E-state index contributed by atoms with van der Waals surface area (Å²) in [5.74, 6) is 0.